The number of fused-ring (bicyclic) bond motifs is 9. The molecule has 0 saturated carbocycles. The Morgan fingerprint density at radius 1 is 0.278 bits per heavy atom. The second-order valence-electron chi connectivity index (χ2n) is 20.3. The largest absolute Gasteiger partial charge is 0.309 e. The van der Waals surface area contributed by atoms with Crippen molar-refractivity contribution in [3.63, 3.8) is 0 Å². The third kappa shape index (κ3) is 7.18. The van der Waals surface area contributed by atoms with E-state index >= 15 is 8.78 Å². The summed E-state index contributed by atoms with van der Waals surface area (Å²) in [6.07, 6.45) is 0. The molecule has 0 saturated heterocycles. The maximum absolute atomic E-state index is 16.8. The van der Waals surface area contributed by atoms with Crippen LogP contribution in [-0.4, -0.2) is 9.13 Å². The van der Waals surface area contributed by atoms with E-state index in [-0.39, 0.29) is 11.6 Å². The Morgan fingerprint density at radius 3 is 1.03 bits per heavy atom. The Balaban J connectivity index is 0.959. The molecule has 0 unspecified atom stereocenters. The quantitative estimate of drug-likeness (QED) is 0.136. The molecule has 0 atom stereocenters. The van der Waals surface area contributed by atoms with Crippen molar-refractivity contribution in [2.45, 2.75) is 5.41 Å². The van der Waals surface area contributed by atoms with E-state index in [1.165, 1.54) is 12.1 Å². The molecule has 0 spiro atoms. The highest BCUT2D eigenvalue weighted by Crippen LogP contribution is 2.59. The van der Waals surface area contributed by atoms with E-state index in [1.54, 1.807) is 12.1 Å². The average molecular weight is 1020 g/mol. The van der Waals surface area contributed by atoms with Crippen LogP contribution in [0.25, 0.3) is 66.1 Å². The summed E-state index contributed by atoms with van der Waals surface area (Å²) in [6, 6.07) is 99.4. The first-order chi connectivity index (χ1) is 39.0. The van der Waals surface area contributed by atoms with Gasteiger partial charge in [0.05, 0.1) is 38.9 Å². The zero-order valence-corrected chi connectivity index (χ0v) is 42.8. The third-order valence-electron chi connectivity index (χ3n) is 16.1. The molecule has 0 fully saturated rings. The number of rotatable bonds is 10. The van der Waals surface area contributed by atoms with Gasteiger partial charge in [-0.2, -0.15) is 0 Å². The fraction of sp³-hybridized carbons (Fsp3) is 0.0137. The summed E-state index contributed by atoms with van der Waals surface area (Å²) in [7, 11) is 0. The van der Waals surface area contributed by atoms with Crippen LogP contribution in [0.3, 0.4) is 0 Å². The van der Waals surface area contributed by atoms with Crippen LogP contribution in [0, 0.1) is 11.6 Å². The Hall–Kier alpha value is -10.3. The van der Waals surface area contributed by atoms with Crippen molar-refractivity contribution in [3.05, 3.63) is 325 Å². The molecule has 12 aromatic carbocycles. The number of nitrogens with zero attached hydrogens (tertiary/aromatic N) is 4. The van der Waals surface area contributed by atoms with Crippen LogP contribution in [0.4, 0.5) is 42.9 Å². The summed E-state index contributed by atoms with van der Waals surface area (Å²) < 4.78 is 38.1. The van der Waals surface area contributed by atoms with Gasteiger partial charge in [-0.3, -0.25) is 0 Å². The van der Waals surface area contributed by atoms with Crippen LogP contribution in [0.2, 0.25) is 0 Å². The summed E-state index contributed by atoms with van der Waals surface area (Å²) >= 11 is 0. The van der Waals surface area contributed by atoms with Crippen molar-refractivity contribution in [2.75, 3.05) is 9.80 Å². The Morgan fingerprint density at radius 2 is 0.608 bits per heavy atom. The second-order valence-corrected chi connectivity index (χ2v) is 20.3. The van der Waals surface area contributed by atoms with Gasteiger partial charge in [-0.15, -0.1) is 0 Å². The van der Waals surface area contributed by atoms with Crippen molar-refractivity contribution in [2.24, 2.45) is 0 Å². The zero-order valence-electron chi connectivity index (χ0n) is 42.8. The lowest BCUT2D eigenvalue weighted by atomic mass is 9.67. The van der Waals surface area contributed by atoms with E-state index in [0.29, 0.717) is 11.4 Å². The highest BCUT2D eigenvalue weighted by atomic mass is 19.1. The van der Waals surface area contributed by atoms with Crippen molar-refractivity contribution in [1.29, 1.82) is 0 Å². The molecule has 1 aliphatic rings. The van der Waals surface area contributed by atoms with Crippen LogP contribution in [0.1, 0.15) is 22.3 Å². The maximum atomic E-state index is 16.8. The minimum atomic E-state index is -0.888. The summed E-state index contributed by atoms with van der Waals surface area (Å²) in [5.41, 5.74) is 16.0. The van der Waals surface area contributed by atoms with Gasteiger partial charge in [0.2, 0.25) is 0 Å². The molecule has 1 aliphatic carbocycles. The molecule has 0 N–H and O–H groups in total. The number of halogens is 2. The van der Waals surface area contributed by atoms with Gasteiger partial charge < -0.3 is 18.9 Å². The van der Waals surface area contributed by atoms with Gasteiger partial charge in [0.25, 0.3) is 0 Å². The van der Waals surface area contributed by atoms with E-state index in [9.17, 15) is 0 Å². The predicted octanol–water partition coefficient (Wildman–Crippen LogP) is 19.5. The number of anilines is 6. The Kier molecular flexibility index (Phi) is 10.8. The minimum Gasteiger partial charge on any atom is -0.309 e. The molecule has 15 rings (SSSR count). The van der Waals surface area contributed by atoms with Gasteiger partial charge >= 0.3 is 0 Å². The number of aromatic nitrogens is 2. The topological polar surface area (TPSA) is 16.3 Å². The normalized spacial score (nSPS) is 12.5. The van der Waals surface area contributed by atoms with Crippen molar-refractivity contribution < 1.29 is 8.78 Å². The average Bonchev–Trinajstić information content (AvgIpc) is 3.42. The molecule has 0 amide bonds. The standard InChI is InChI=1S/C73H48F2N4/c74-65-31-15-19-35-71(65)76(53-39-43-69-61(45-53)59-29-13-17-33-67(59)78(69)51-25-9-3-10-26-51)55-37-41-57-58-42-38-56(48-64(58)73(63(57)47-55,49-21-5-1-6-22-49)50-23-7-2-8-24-50)77(72-36-20-16-32-66(72)75)54-40-44-70-62(46-54)60-30-14-18-34-68(60)79(70)52-27-11-4-12-28-52/h1-48H. The number of para-hydroxylation sites is 6. The zero-order chi connectivity index (χ0) is 52.6. The highest BCUT2D eigenvalue weighted by molar-refractivity contribution is 6.12. The van der Waals surface area contributed by atoms with Gasteiger partial charge in [-0.25, -0.2) is 8.78 Å². The fourth-order valence-electron chi connectivity index (χ4n) is 12.8. The van der Waals surface area contributed by atoms with Crippen molar-refractivity contribution >= 4 is 77.7 Å². The van der Waals surface area contributed by atoms with E-state index in [2.05, 4.69) is 249 Å². The molecule has 0 bridgehead atoms. The summed E-state index contributed by atoms with van der Waals surface area (Å²) in [5, 5.41) is 4.32. The number of hydrogen-bond acceptors (Lipinski definition) is 2. The first-order valence-electron chi connectivity index (χ1n) is 26.7. The lowest BCUT2D eigenvalue weighted by Crippen LogP contribution is -2.29. The molecule has 2 aromatic heterocycles. The summed E-state index contributed by atoms with van der Waals surface area (Å²) in [5.74, 6) is -0.674. The van der Waals surface area contributed by atoms with Crippen LogP contribution in [-0.2, 0) is 5.41 Å². The first-order valence-corrected chi connectivity index (χ1v) is 26.7. The summed E-state index contributed by atoms with van der Waals surface area (Å²) in [4.78, 5) is 4.12. The molecule has 4 nitrogen and oxygen atoms in total. The molecule has 79 heavy (non-hydrogen) atoms. The van der Waals surface area contributed by atoms with E-state index in [0.717, 1.165) is 111 Å². The molecule has 2 heterocycles. The van der Waals surface area contributed by atoms with Gasteiger partial charge in [0, 0.05) is 55.7 Å². The fourth-order valence-corrected chi connectivity index (χ4v) is 12.8. The molecule has 14 aromatic rings. The van der Waals surface area contributed by atoms with Crippen LogP contribution in [0.15, 0.2) is 291 Å². The maximum Gasteiger partial charge on any atom is 0.147 e. The molecule has 0 radical (unpaired) electrons. The third-order valence-corrected chi connectivity index (χ3v) is 16.1. The summed E-state index contributed by atoms with van der Waals surface area (Å²) in [6.45, 7) is 0. The van der Waals surface area contributed by atoms with Crippen LogP contribution < -0.4 is 9.80 Å². The first kappa shape index (κ1) is 46.0. The SMILES string of the molecule is Fc1ccccc1N(c1ccc2c(c1)C(c1ccccc1)(c1ccccc1)c1cc(N(c3ccc4c(c3)c3ccccc3n4-c3ccccc3)c3ccccc3F)ccc1-2)c1ccc2c(c1)c1ccccc1n2-c1ccccc1. The molecular formula is C73H48F2N4. The van der Waals surface area contributed by atoms with Gasteiger partial charge in [0.15, 0.2) is 0 Å². The molecule has 374 valence electrons. The number of benzene rings is 12. The van der Waals surface area contributed by atoms with Crippen LogP contribution >= 0.6 is 0 Å². The monoisotopic (exact) mass is 1020 g/mol. The lowest BCUT2D eigenvalue weighted by molar-refractivity contribution is 0.628. The second kappa shape index (κ2) is 18.5. The number of hydrogen-bond donors (Lipinski definition) is 0. The minimum absolute atomic E-state index is 0.337. The van der Waals surface area contributed by atoms with Crippen LogP contribution in [0.5, 0.6) is 0 Å². The van der Waals surface area contributed by atoms with Crippen molar-refractivity contribution in [1.82, 2.24) is 9.13 Å². The lowest BCUT2D eigenvalue weighted by Gasteiger charge is -2.35. The highest BCUT2D eigenvalue weighted by Gasteiger charge is 2.47. The predicted molar refractivity (Wildman–Crippen MR) is 322 cm³/mol. The molecule has 6 heteroatoms. The molecular weight excluding hydrogens is 971 g/mol. The van der Waals surface area contributed by atoms with E-state index in [4.69, 9.17) is 0 Å². The molecule has 0 aliphatic heterocycles. The van der Waals surface area contributed by atoms with Gasteiger partial charge in [0.1, 0.15) is 11.6 Å². The van der Waals surface area contributed by atoms with E-state index in [1.807, 2.05) is 36.4 Å². The van der Waals surface area contributed by atoms with Gasteiger partial charge in [-0.1, -0.05) is 170 Å². The smallest absolute Gasteiger partial charge is 0.147 e. The van der Waals surface area contributed by atoms with E-state index < -0.39 is 5.41 Å². The van der Waals surface area contributed by atoms with Crippen molar-refractivity contribution in [3.8, 4) is 22.5 Å². The Labute approximate surface area is 456 Å². The Bertz CT molecular complexity index is 4350. The van der Waals surface area contributed by atoms with Gasteiger partial charge in [-0.05, 0) is 155 Å².